The van der Waals surface area contributed by atoms with Crippen molar-refractivity contribution in [1.29, 1.82) is 0 Å². The van der Waals surface area contributed by atoms with E-state index in [-0.39, 0.29) is 11.8 Å². The predicted molar refractivity (Wildman–Crippen MR) is 73.6 cm³/mol. The minimum atomic E-state index is -0.758. The van der Waals surface area contributed by atoms with Gasteiger partial charge in [-0.15, -0.1) is 0 Å². The highest BCUT2D eigenvalue weighted by Crippen LogP contribution is 2.53. The lowest BCUT2D eigenvalue weighted by Crippen LogP contribution is -2.47. The number of aliphatic hydroxyl groups excluding tert-OH is 2. The molecule has 0 saturated heterocycles. The summed E-state index contributed by atoms with van der Waals surface area (Å²) in [6.45, 7) is 0. The molecule has 3 heteroatoms. The van der Waals surface area contributed by atoms with Crippen LogP contribution < -0.4 is 0 Å². The molecule has 4 unspecified atom stereocenters. The van der Waals surface area contributed by atoms with Crippen LogP contribution in [0.1, 0.15) is 34.1 Å². The van der Waals surface area contributed by atoms with Gasteiger partial charge >= 0.3 is 0 Å². The summed E-state index contributed by atoms with van der Waals surface area (Å²) >= 11 is 6.08. The van der Waals surface area contributed by atoms with Gasteiger partial charge in [0.25, 0.3) is 0 Å². The molecule has 5 rings (SSSR count). The van der Waals surface area contributed by atoms with Gasteiger partial charge in [-0.3, -0.25) is 0 Å². The summed E-state index contributed by atoms with van der Waals surface area (Å²) < 4.78 is 0. The zero-order chi connectivity index (χ0) is 13.1. The lowest BCUT2D eigenvalue weighted by atomic mass is 9.61. The molecule has 2 nitrogen and oxygen atoms in total. The standard InChI is InChI=1S/C16H13ClO2/c17-8-5-6-11-12(7-8)14-10-4-2-1-3-9(10)13(11)15(18)16(14)19/h1-7,13-16,18-19H. The van der Waals surface area contributed by atoms with Crippen LogP contribution in [-0.2, 0) is 0 Å². The Balaban J connectivity index is 2.05. The molecule has 0 aromatic heterocycles. The third-order valence-corrected chi connectivity index (χ3v) is 4.65. The fraction of sp³-hybridized carbons (Fsp3) is 0.250. The molecule has 2 aromatic carbocycles. The number of halogens is 1. The molecule has 3 aliphatic carbocycles. The number of hydrogen-bond donors (Lipinski definition) is 2. The molecule has 2 aromatic rings. The SMILES string of the molecule is OC1C2c3ccccc3C(c3cc(Cl)ccc32)C1O. The van der Waals surface area contributed by atoms with E-state index in [1.807, 2.05) is 42.5 Å². The molecule has 2 bridgehead atoms. The van der Waals surface area contributed by atoms with Crippen molar-refractivity contribution in [2.75, 3.05) is 0 Å². The zero-order valence-electron chi connectivity index (χ0n) is 10.1. The second-order valence-corrected chi connectivity index (χ2v) is 5.78. The maximum atomic E-state index is 10.4. The van der Waals surface area contributed by atoms with Crippen molar-refractivity contribution in [3.63, 3.8) is 0 Å². The van der Waals surface area contributed by atoms with Gasteiger partial charge < -0.3 is 10.2 Å². The van der Waals surface area contributed by atoms with E-state index in [0.29, 0.717) is 5.02 Å². The van der Waals surface area contributed by atoms with E-state index >= 15 is 0 Å². The average Bonchev–Trinajstić information content (AvgIpc) is 2.42. The highest BCUT2D eigenvalue weighted by molar-refractivity contribution is 6.30. The lowest BCUT2D eigenvalue weighted by Gasteiger charge is -2.46. The van der Waals surface area contributed by atoms with Crippen molar-refractivity contribution in [2.24, 2.45) is 0 Å². The minimum absolute atomic E-state index is 0.150. The third-order valence-electron chi connectivity index (χ3n) is 4.42. The molecular formula is C16H13ClO2. The molecule has 0 saturated carbocycles. The normalized spacial score (nSPS) is 30.9. The Hall–Kier alpha value is -1.35. The van der Waals surface area contributed by atoms with E-state index in [4.69, 9.17) is 11.6 Å². The van der Waals surface area contributed by atoms with Crippen LogP contribution in [0, 0.1) is 0 Å². The average molecular weight is 273 g/mol. The lowest BCUT2D eigenvalue weighted by molar-refractivity contribution is -0.0154. The monoisotopic (exact) mass is 272 g/mol. The van der Waals surface area contributed by atoms with Crippen LogP contribution in [0.5, 0.6) is 0 Å². The topological polar surface area (TPSA) is 40.5 Å². The summed E-state index contributed by atoms with van der Waals surface area (Å²) in [7, 11) is 0. The molecule has 0 radical (unpaired) electrons. The molecular weight excluding hydrogens is 260 g/mol. The van der Waals surface area contributed by atoms with Gasteiger partial charge in [0, 0.05) is 16.9 Å². The van der Waals surface area contributed by atoms with E-state index in [0.717, 1.165) is 22.3 Å². The first-order valence-electron chi connectivity index (χ1n) is 6.43. The van der Waals surface area contributed by atoms with Crippen molar-refractivity contribution in [3.8, 4) is 0 Å². The quantitative estimate of drug-likeness (QED) is 0.774. The molecule has 0 aliphatic heterocycles. The molecule has 4 atom stereocenters. The third kappa shape index (κ3) is 1.39. The van der Waals surface area contributed by atoms with Gasteiger partial charge in [-0.1, -0.05) is 41.9 Å². The van der Waals surface area contributed by atoms with Crippen LogP contribution in [0.25, 0.3) is 0 Å². The van der Waals surface area contributed by atoms with E-state index in [2.05, 4.69) is 0 Å². The zero-order valence-corrected chi connectivity index (χ0v) is 10.9. The highest BCUT2D eigenvalue weighted by Gasteiger charge is 2.48. The van der Waals surface area contributed by atoms with Gasteiger partial charge in [0.15, 0.2) is 0 Å². The van der Waals surface area contributed by atoms with Crippen LogP contribution in [0.15, 0.2) is 42.5 Å². The van der Waals surface area contributed by atoms with Gasteiger partial charge in [0.1, 0.15) is 0 Å². The Kier molecular flexibility index (Phi) is 2.31. The summed E-state index contributed by atoms with van der Waals surface area (Å²) in [5.74, 6) is -0.326. The summed E-state index contributed by atoms with van der Waals surface area (Å²) in [6.07, 6.45) is -1.50. The van der Waals surface area contributed by atoms with E-state index in [9.17, 15) is 10.2 Å². The molecule has 19 heavy (non-hydrogen) atoms. The Morgan fingerprint density at radius 1 is 0.737 bits per heavy atom. The van der Waals surface area contributed by atoms with Gasteiger partial charge in [0.2, 0.25) is 0 Å². The Morgan fingerprint density at radius 2 is 1.26 bits per heavy atom. The summed E-state index contributed by atoms with van der Waals surface area (Å²) in [5.41, 5.74) is 4.38. The van der Waals surface area contributed by atoms with Crippen LogP contribution >= 0.6 is 11.6 Å². The Morgan fingerprint density at radius 3 is 1.89 bits per heavy atom. The van der Waals surface area contributed by atoms with Crippen LogP contribution in [0.2, 0.25) is 5.02 Å². The van der Waals surface area contributed by atoms with Crippen LogP contribution in [0.4, 0.5) is 0 Å². The number of hydrogen-bond acceptors (Lipinski definition) is 2. The molecule has 0 spiro atoms. The Labute approximate surface area is 116 Å². The fourth-order valence-electron chi connectivity index (χ4n) is 3.64. The Bertz CT molecular complexity index is 668. The van der Waals surface area contributed by atoms with Crippen molar-refractivity contribution in [3.05, 3.63) is 69.7 Å². The van der Waals surface area contributed by atoms with Gasteiger partial charge in [-0.2, -0.15) is 0 Å². The van der Waals surface area contributed by atoms with E-state index in [1.165, 1.54) is 0 Å². The second kappa shape index (κ2) is 3.83. The van der Waals surface area contributed by atoms with Gasteiger partial charge in [-0.05, 0) is 34.4 Å². The van der Waals surface area contributed by atoms with E-state index in [1.54, 1.807) is 0 Å². The number of benzene rings is 2. The van der Waals surface area contributed by atoms with Crippen LogP contribution in [0.3, 0.4) is 0 Å². The largest absolute Gasteiger partial charge is 0.389 e. The van der Waals surface area contributed by atoms with Crippen molar-refractivity contribution in [1.82, 2.24) is 0 Å². The first kappa shape index (κ1) is 11.5. The highest BCUT2D eigenvalue weighted by atomic mass is 35.5. The van der Waals surface area contributed by atoms with Crippen molar-refractivity contribution in [2.45, 2.75) is 24.0 Å². The number of rotatable bonds is 0. The molecule has 0 fully saturated rings. The molecule has 2 N–H and O–H groups in total. The number of aliphatic hydroxyl groups is 2. The minimum Gasteiger partial charge on any atom is -0.389 e. The second-order valence-electron chi connectivity index (χ2n) is 5.34. The summed E-state index contributed by atoms with van der Waals surface area (Å²) in [5, 5.41) is 21.4. The van der Waals surface area contributed by atoms with Gasteiger partial charge in [0.05, 0.1) is 12.2 Å². The maximum Gasteiger partial charge on any atom is 0.0917 e. The smallest absolute Gasteiger partial charge is 0.0917 e. The molecule has 3 aliphatic rings. The van der Waals surface area contributed by atoms with Gasteiger partial charge in [-0.25, -0.2) is 0 Å². The van der Waals surface area contributed by atoms with Crippen molar-refractivity contribution < 1.29 is 10.2 Å². The first-order valence-corrected chi connectivity index (χ1v) is 6.80. The summed E-state index contributed by atoms with van der Waals surface area (Å²) in [4.78, 5) is 0. The van der Waals surface area contributed by atoms with E-state index < -0.39 is 12.2 Å². The molecule has 0 heterocycles. The fourth-order valence-corrected chi connectivity index (χ4v) is 3.82. The van der Waals surface area contributed by atoms with Crippen molar-refractivity contribution >= 4 is 11.6 Å². The predicted octanol–water partition coefficient (Wildman–Crippen LogP) is 2.65. The number of fused-ring (bicyclic) bond motifs is 1. The maximum absolute atomic E-state index is 10.4. The first-order chi connectivity index (χ1) is 9.18. The summed E-state index contributed by atoms with van der Waals surface area (Å²) in [6, 6.07) is 13.8. The van der Waals surface area contributed by atoms with Crippen LogP contribution in [-0.4, -0.2) is 22.4 Å². The molecule has 96 valence electrons. The molecule has 0 amide bonds.